The van der Waals surface area contributed by atoms with Crippen LogP contribution in [0.25, 0.3) is 0 Å². The van der Waals surface area contributed by atoms with Gasteiger partial charge in [-0.2, -0.15) is 0 Å². The molecule has 19 heavy (non-hydrogen) atoms. The Balaban J connectivity index is 2.55. The van der Waals surface area contributed by atoms with Crippen LogP contribution in [0.5, 0.6) is 0 Å². The number of piperazine rings is 1. The maximum absolute atomic E-state index is 5.42. The molecule has 2 unspecified atom stereocenters. The van der Waals surface area contributed by atoms with Gasteiger partial charge < -0.3 is 15.0 Å². The maximum atomic E-state index is 5.42. The summed E-state index contributed by atoms with van der Waals surface area (Å²) in [6, 6.07) is 1.16. The van der Waals surface area contributed by atoms with Crippen LogP contribution >= 0.6 is 0 Å². The third-order valence-electron chi connectivity index (χ3n) is 4.02. The van der Waals surface area contributed by atoms with E-state index < -0.39 is 0 Å². The molecule has 0 radical (unpaired) electrons. The lowest BCUT2D eigenvalue weighted by atomic mass is 10.1. The summed E-state index contributed by atoms with van der Waals surface area (Å²) >= 11 is 0. The second-order valence-electron chi connectivity index (χ2n) is 6.78. The minimum atomic E-state index is 0.169. The van der Waals surface area contributed by atoms with Crippen molar-refractivity contribution in [1.82, 2.24) is 15.1 Å². The van der Waals surface area contributed by atoms with E-state index in [-0.39, 0.29) is 5.54 Å². The monoisotopic (exact) mass is 271 g/mol. The van der Waals surface area contributed by atoms with Gasteiger partial charge in [-0.25, -0.2) is 0 Å². The zero-order valence-corrected chi connectivity index (χ0v) is 13.7. The van der Waals surface area contributed by atoms with Crippen molar-refractivity contribution in [3.8, 4) is 0 Å². The predicted octanol–water partition coefficient (Wildman–Crippen LogP) is 1.42. The number of rotatable bonds is 6. The van der Waals surface area contributed by atoms with Crippen LogP contribution in [0.3, 0.4) is 0 Å². The molecule has 0 aliphatic carbocycles. The van der Waals surface area contributed by atoms with Crippen molar-refractivity contribution in [2.24, 2.45) is 0 Å². The molecule has 4 nitrogen and oxygen atoms in total. The van der Waals surface area contributed by atoms with E-state index in [1.165, 1.54) is 6.42 Å². The van der Waals surface area contributed by atoms with Crippen molar-refractivity contribution in [2.75, 3.05) is 46.9 Å². The van der Waals surface area contributed by atoms with E-state index in [2.05, 4.69) is 49.9 Å². The average Bonchev–Trinajstić information content (AvgIpc) is 2.34. The molecular weight excluding hydrogens is 238 g/mol. The zero-order chi connectivity index (χ0) is 14.5. The Hall–Kier alpha value is -0.160. The summed E-state index contributed by atoms with van der Waals surface area (Å²) in [5, 5.41) is 3.61. The molecule has 1 aliphatic heterocycles. The molecule has 1 heterocycles. The quantitative estimate of drug-likeness (QED) is 0.791. The molecule has 1 fully saturated rings. The Bertz CT molecular complexity index is 252. The number of ether oxygens (including phenoxy) is 1. The zero-order valence-electron chi connectivity index (χ0n) is 13.7. The maximum Gasteiger partial charge on any atom is 0.0630 e. The first-order valence-corrected chi connectivity index (χ1v) is 7.55. The lowest BCUT2D eigenvalue weighted by Crippen LogP contribution is -2.58. The van der Waals surface area contributed by atoms with Crippen LogP contribution in [0, 0.1) is 0 Å². The molecule has 0 aromatic rings. The van der Waals surface area contributed by atoms with Gasteiger partial charge in [-0.3, -0.25) is 4.90 Å². The van der Waals surface area contributed by atoms with Crippen LogP contribution in [0.4, 0.5) is 0 Å². The molecule has 1 N–H and O–H groups in total. The molecule has 4 heteroatoms. The van der Waals surface area contributed by atoms with Crippen LogP contribution in [0.15, 0.2) is 0 Å². The largest absolute Gasteiger partial charge is 0.383 e. The number of methoxy groups -OCH3 is 1. The molecule has 0 saturated carbocycles. The van der Waals surface area contributed by atoms with Gasteiger partial charge in [0.1, 0.15) is 0 Å². The Morgan fingerprint density at radius 3 is 2.53 bits per heavy atom. The molecule has 0 aromatic carbocycles. The van der Waals surface area contributed by atoms with Crippen LogP contribution in [-0.4, -0.2) is 74.4 Å². The fourth-order valence-corrected chi connectivity index (χ4v) is 2.65. The van der Waals surface area contributed by atoms with Crippen LogP contribution in [0.2, 0.25) is 0 Å². The fourth-order valence-electron chi connectivity index (χ4n) is 2.65. The molecule has 1 rings (SSSR count). The summed E-state index contributed by atoms with van der Waals surface area (Å²) in [5.74, 6) is 0. The number of hydrogen-bond acceptors (Lipinski definition) is 4. The molecule has 0 amide bonds. The normalized spacial score (nSPS) is 24.6. The standard InChI is InChI=1S/C15H33N3O/c1-7-13-11-18(9-8-17(13)5)14(12-19-6)10-16-15(2,3)4/h13-14,16H,7-12H2,1-6H3. The van der Waals surface area contributed by atoms with Crippen molar-refractivity contribution in [2.45, 2.75) is 51.7 Å². The van der Waals surface area contributed by atoms with Gasteiger partial charge >= 0.3 is 0 Å². The van der Waals surface area contributed by atoms with Gasteiger partial charge in [0.25, 0.3) is 0 Å². The van der Waals surface area contributed by atoms with Gasteiger partial charge in [0.15, 0.2) is 0 Å². The van der Waals surface area contributed by atoms with E-state index in [1.807, 2.05) is 0 Å². The minimum Gasteiger partial charge on any atom is -0.383 e. The fraction of sp³-hybridized carbons (Fsp3) is 1.00. The first-order chi connectivity index (χ1) is 8.87. The lowest BCUT2D eigenvalue weighted by Gasteiger charge is -2.43. The molecule has 1 saturated heterocycles. The van der Waals surface area contributed by atoms with E-state index >= 15 is 0 Å². The lowest BCUT2D eigenvalue weighted by molar-refractivity contribution is 0.0266. The second-order valence-corrected chi connectivity index (χ2v) is 6.78. The van der Waals surface area contributed by atoms with E-state index in [0.717, 1.165) is 32.8 Å². The van der Waals surface area contributed by atoms with E-state index in [0.29, 0.717) is 12.1 Å². The average molecular weight is 271 g/mol. The predicted molar refractivity (Wildman–Crippen MR) is 81.7 cm³/mol. The topological polar surface area (TPSA) is 27.7 Å². The number of nitrogens with one attached hydrogen (secondary N) is 1. The third kappa shape index (κ3) is 5.78. The molecule has 1 aliphatic rings. The van der Waals surface area contributed by atoms with E-state index in [1.54, 1.807) is 7.11 Å². The Morgan fingerprint density at radius 1 is 1.32 bits per heavy atom. The molecule has 0 aromatic heterocycles. The molecular formula is C15H33N3O. The van der Waals surface area contributed by atoms with E-state index in [4.69, 9.17) is 4.74 Å². The van der Waals surface area contributed by atoms with Crippen molar-refractivity contribution in [3.63, 3.8) is 0 Å². The van der Waals surface area contributed by atoms with Crippen molar-refractivity contribution >= 4 is 0 Å². The molecule has 0 spiro atoms. The Morgan fingerprint density at radius 2 is 2.00 bits per heavy atom. The Kier molecular flexibility index (Phi) is 6.74. The van der Waals surface area contributed by atoms with Crippen molar-refractivity contribution < 1.29 is 4.74 Å². The third-order valence-corrected chi connectivity index (χ3v) is 4.02. The molecule has 114 valence electrons. The number of likely N-dealkylation sites (N-methyl/N-ethyl adjacent to an activating group) is 1. The van der Waals surface area contributed by atoms with Crippen molar-refractivity contribution in [1.29, 1.82) is 0 Å². The highest BCUT2D eigenvalue weighted by atomic mass is 16.5. The smallest absolute Gasteiger partial charge is 0.0630 e. The summed E-state index contributed by atoms with van der Waals surface area (Å²) in [5.41, 5.74) is 0.169. The summed E-state index contributed by atoms with van der Waals surface area (Å²) in [6.07, 6.45) is 1.22. The summed E-state index contributed by atoms with van der Waals surface area (Å²) in [7, 11) is 4.04. The SMILES string of the molecule is CCC1CN(C(CNC(C)(C)C)COC)CCN1C. The number of hydrogen-bond donors (Lipinski definition) is 1. The second kappa shape index (κ2) is 7.58. The van der Waals surface area contributed by atoms with Crippen LogP contribution in [0.1, 0.15) is 34.1 Å². The first-order valence-electron chi connectivity index (χ1n) is 7.55. The highest BCUT2D eigenvalue weighted by molar-refractivity contribution is 4.86. The van der Waals surface area contributed by atoms with Crippen LogP contribution in [-0.2, 0) is 4.74 Å². The Labute approximate surface area is 119 Å². The van der Waals surface area contributed by atoms with Crippen molar-refractivity contribution in [3.05, 3.63) is 0 Å². The van der Waals surface area contributed by atoms with Gasteiger partial charge in [0.05, 0.1) is 6.61 Å². The first kappa shape index (κ1) is 16.9. The van der Waals surface area contributed by atoms with E-state index in [9.17, 15) is 0 Å². The van der Waals surface area contributed by atoms with Gasteiger partial charge in [0, 0.05) is 50.9 Å². The van der Waals surface area contributed by atoms with Gasteiger partial charge in [-0.15, -0.1) is 0 Å². The molecule has 2 atom stereocenters. The highest BCUT2D eigenvalue weighted by Gasteiger charge is 2.28. The minimum absolute atomic E-state index is 0.169. The number of nitrogens with zero attached hydrogens (tertiary/aromatic N) is 2. The summed E-state index contributed by atoms with van der Waals surface area (Å²) in [6.45, 7) is 14.2. The van der Waals surface area contributed by atoms with Crippen LogP contribution < -0.4 is 5.32 Å². The van der Waals surface area contributed by atoms with Gasteiger partial charge in [0.2, 0.25) is 0 Å². The van der Waals surface area contributed by atoms with Gasteiger partial charge in [-0.05, 0) is 34.2 Å². The summed E-state index contributed by atoms with van der Waals surface area (Å²) < 4.78 is 5.42. The molecule has 0 bridgehead atoms. The summed E-state index contributed by atoms with van der Waals surface area (Å²) in [4.78, 5) is 5.08. The van der Waals surface area contributed by atoms with Gasteiger partial charge in [-0.1, -0.05) is 6.92 Å². The highest BCUT2D eigenvalue weighted by Crippen LogP contribution is 2.14.